The molecule has 5 heteroatoms. The second-order valence-corrected chi connectivity index (χ2v) is 13.0. The Balaban J connectivity index is 1.28. The van der Waals surface area contributed by atoms with Gasteiger partial charge in [0.15, 0.2) is 17.5 Å². The summed E-state index contributed by atoms with van der Waals surface area (Å²) in [6, 6.07) is 52.6. The van der Waals surface area contributed by atoms with Crippen molar-refractivity contribution in [3.8, 4) is 45.3 Å². The lowest BCUT2D eigenvalue weighted by Crippen LogP contribution is -2.01. The largest absolute Gasteiger partial charge is 0.456 e. The summed E-state index contributed by atoms with van der Waals surface area (Å²) in [6.45, 7) is 0. The first-order chi connectivity index (χ1) is 23.8. The highest BCUT2D eigenvalue weighted by Gasteiger charge is 2.22. The molecule has 0 aliphatic carbocycles. The summed E-state index contributed by atoms with van der Waals surface area (Å²) in [6.07, 6.45) is 0. The quantitative estimate of drug-likeness (QED) is 0.194. The van der Waals surface area contributed by atoms with E-state index in [0.29, 0.717) is 17.5 Å². The lowest BCUT2D eigenvalue weighted by molar-refractivity contribution is 0.669. The van der Waals surface area contributed by atoms with Crippen LogP contribution in [0.3, 0.4) is 0 Å². The Bertz CT molecular complexity index is 2830. The smallest absolute Gasteiger partial charge is 0.165 e. The first kappa shape index (κ1) is 27.0. The highest BCUT2D eigenvalue weighted by molar-refractivity contribution is 7.26. The van der Waals surface area contributed by atoms with Crippen LogP contribution in [0, 0.1) is 0 Å². The van der Waals surface area contributed by atoms with E-state index in [2.05, 4.69) is 133 Å². The van der Waals surface area contributed by atoms with Gasteiger partial charge in [-0.25, -0.2) is 15.0 Å². The van der Waals surface area contributed by atoms with Crippen molar-refractivity contribution in [1.29, 1.82) is 0 Å². The van der Waals surface area contributed by atoms with E-state index in [9.17, 15) is 0 Å². The molecule has 0 atom stereocenters. The molecule has 0 saturated heterocycles. The van der Waals surface area contributed by atoms with Crippen LogP contribution in [0.25, 0.3) is 98.2 Å². The van der Waals surface area contributed by atoms with Gasteiger partial charge in [0.2, 0.25) is 0 Å². The second kappa shape index (κ2) is 10.7. The van der Waals surface area contributed by atoms with E-state index >= 15 is 0 Å². The fraction of sp³-hybridized carbons (Fsp3) is 0. The minimum Gasteiger partial charge on any atom is -0.456 e. The lowest BCUT2D eigenvalue weighted by atomic mass is 9.97. The maximum absolute atomic E-state index is 6.43. The minimum absolute atomic E-state index is 0.619. The molecule has 0 unspecified atom stereocenters. The molecular weight excluding hydrogens is 607 g/mol. The summed E-state index contributed by atoms with van der Waals surface area (Å²) in [4.78, 5) is 15.8. The monoisotopic (exact) mass is 631 g/mol. The summed E-state index contributed by atoms with van der Waals surface area (Å²) < 4.78 is 8.84. The molecule has 224 valence electrons. The van der Waals surface area contributed by atoms with Gasteiger partial charge in [0.1, 0.15) is 11.2 Å². The van der Waals surface area contributed by atoms with Gasteiger partial charge in [-0.3, -0.25) is 0 Å². The average molecular weight is 632 g/mol. The Morgan fingerprint density at radius 1 is 0.438 bits per heavy atom. The van der Waals surface area contributed by atoms with Crippen LogP contribution in [0.4, 0.5) is 0 Å². The number of thiophene rings is 1. The summed E-state index contributed by atoms with van der Waals surface area (Å²) >= 11 is 1.78. The first-order valence-electron chi connectivity index (χ1n) is 15.9. The van der Waals surface area contributed by atoms with E-state index in [1.165, 1.54) is 21.0 Å². The zero-order valence-electron chi connectivity index (χ0n) is 25.6. The molecule has 3 aromatic heterocycles. The topological polar surface area (TPSA) is 51.8 Å². The molecule has 10 aromatic rings. The van der Waals surface area contributed by atoms with E-state index < -0.39 is 0 Å². The van der Waals surface area contributed by atoms with Crippen molar-refractivity contribution in [2.75, 3.05) is 0 Å². The van der Waals surface area contributed by atoms with Gasteiger partial charge in [0, 0.05) is 47.6 Å². The van der Waals surface area contributed by atoms with Gasteiger partial charge in [-0.1, -0.05) is 127 Å². The predicted molar refractivity (Wildman–Crippen MR) is 199 cm³/mol. The van der Waals surface area contributed by atoms with Crippen LogP contribution >= 0.6 is 11.3 Å². The minimum atomic E-state index is 0.619. The molecule has 0 radical (unpaired) electrons. The van der Waals surface area contributed by atoms with Crippen molar-refractivity contribution >= 4 is 64.2 Å². The summed E-state index contributed by atoms with van der Waals surface area (Å²) in [5.41, 5.74) is 6.83. The maximum atomic E-state index is 6.43. The van der Waals surface area contributed by atoms with Crippen molar-refractivity contribution in [3.63, 3.8) is 0 Å². The zero-order chi connectivity index (χ0) is 31.6. The number of fused-ring (bicyclic) bond motifs is 7. The summed E-state index contributed by atoms with van der Waals surface area (Å²) in [7, 11) is 0. The standard InChI is InChI=1S/C43H25N3OS/c1-2-11-26(12-3-1)27-21-23-28(24-22-27)41-44-42(34-18-10-17-32-31-15-7-9-20-37(31)48-40(32)34)46-43(45-41)39-30-14-5-4-13-29(30)25-36-38(39)33-16-6-8-19-35(33)47-36/h1-25H. The fourth-order valence-electron chi connectivity index (χ4n) is 6.89. The number of aromatic nitrogens is 3. The van der Waals surface area contributed by atoms with Crippen molar-refractivity contribution in [3.05, 3.63) is 152 Å². The molecule has 0 bridgehead atoms. The number of hydrogen-bond donors (Lipinski definition) is 0. The number of rotatable bonds is 4. The van der Waals surface area contributed by atoms with E-state index in [4.69, 9.17) is 19.4 Å². The van der Waals surface area contributed by atoms with Crippen LogP contribution in [-0.4, -0.2) is 15.0 Å². The van der Waals surface area contributed by atoms with E-state index in [1.807, 2.05) is 18.2 Å². The molecule has 7 aromatic carbocycles. The number of benzene rings is 7. The first-order valence-corrected chi connectivity index (χ1v) is 16.8. The van der Waals surface area contributed by atoms with Crippen LogP contribution < -0.4 is 0 Å². The Labute approximate surface area is 279 Å². The molecule has 4 nitrogen and oxygen atoms in total. The van der Waals surface area contributed by atoms with E-state index in [1.54, 1.807) is 11.3 Å². The molecule has 48 heavy (non-hydrogen) atoms. The molecule has 0 aliphatic rings. The Hall–Kier alpha value is -6.17. The molecule has 0 spiro atoms. The van der Waals surface area contributed by atoms with Crippen molar-refractivity contribution in [2.45, 2.75) is 0 Å². The Morgan fingerprint density at radius 2 is 1.08 bits per heavy atom. The predicted octanol–water partition coefficient (Wildman–Crippen LogP) is 12.0. The van der Waals surface area contributed by atoms with Crippen molar-refractivity contribution in [2.24, 2.45) is 0 Å². The number of para-hydroxylation sites is 1. The Kier molecular flexibility index (Phi) is 6.01. The van der Waals surface area contributed by atoms with Gasteiger partial charge in [0.05, 0.1) is 0 Å². The van der Waals surface area contributed by atoms with Crippen molar-refractivity contribution < 1.29 is 4.42 Å². The molecule has 10 rings (SSSR count). The van der Waals surface area contributed by atoms with Gasteiger partial charge in [0.25, 0.3) is 0 Å². The zero-order valence-corrected chi connectivity index (χ0v) is 26.4. The van der Waals surface area contributed by atoms with Crippen LogP contribution in [0.15, 0.2) is 156 Å². The van der Waals surface area contributed by atoms with Gasteiger partial charge in [-0.15, -0.1) is 11.3 Å². The summed E-state index contributed by atoms with van der Waals surface area (Å²) in [5.74, 6) is 1.89. The number of nitrogens with zero attached hydrogens (tertiary/aromatic N) is 3. The molecule has 3 heterocycles. The molecular formula is C43H25N3OS. The Morgan fingerprint density at radius 3 is 1.96 bits per heavy atom. The normalized spacial score (nSPS) is 11.8. The van der Waals surface area contributed by atoms with E-state index in [-0.39, 0.29) is 0 Å². The second-order valence-electron chi connectivity index (χ2n) is 12.0. The van der Waals surface area contributed by atoms with Crippen LogP contribution in [0.5, 0.6) is 0 Å². The van der Waals surface area contributed by atoms with Gasteiger partial charge < -0.3 is 4.42 Å². The average Bonchev–Trinajstić information content (AvgIpc) is 3.72. The van der Waals surface area contributed by atoms with Crippen molar-refractivity contribution in [1.82, 2.24) is 15.0 Å². The summed E-state index contributed by atoms with van der Waals surface area (Å²) in [5, 5.41) is 6.63. The number of hydrogen-bond acceptors (Lipinski definition) is 5. The maximum Gasteiger partial charge on any atom is 0.165 e. The lowest BCUT2D eigenvalue weighted by Gasteiger charge is -2.12. The fourth-order valence-corrected chi connectivity index (χ4v) is 8.10. The van der Waals surface area contributed by atoms with Gasteiger partial charge in [-0.2, -0.15) is 0 Å². The van der Waals surface area contributed by atoms with E-state index in [0.717, 1.165) is 59.7 Å². The highest BCUT2D eigenvalue weighted by atomic mass is 32.1. The van der Waals surface area contributed by atoms with Gasteiger partial charge >= 0.3 is 0 Å². The molecule has 0 saturated carbocycles. The third kappa shape index (κ3) is 4.25. The van der Waals surface area contributed by atoms with Crippen LogP contribution in [0.2, 0.25) is 0 Å². The molecule has 0 amide bonds. The molecule has 0 N–H and O–H groups in total. The number of furan rings is 1. The van der Waals surface area contributed by atoms with Crippen LogP contribution in [0.1, 0.15) is 0 Å². The van der Waals surface area contributed by atoms with Crippen LogP contribution in [-0.2, 0) is 0 Å². The molecule has 0 aliphatic heterocycles. The SMILES string of the molecule is c1ccc(-c2ccc(-c3nc(-c4cccc5c4sc4ccccc45)nc(-c4c5ccccc5cc5oc6ccccc6c45)n3)cc2)cc1. The highest BCUT2D eigenvalue weighted by Crippen LogP contribution is 2.43. The third-order valence-electron chi connectivity index (χ3n) is 9.14. The molecule has 0 fully saturated rings. The third-order valence-corrected chi connectivity index (χ3v) is 10.4. The van der Waals surface area contributed by atoms with Gasteiger partial charge in [-0.05, 0) is 46.2 Å².